The first-order valence-corrected chi connectivity index (χ1v) is 9.01. The molecule has 0 bridgehead atoms. The average molecular weight is 368 g/mol. The lowest BCUT2D eigenvalue weighted by Gasteiger charge is -2.15. The number of aromatic nitrogens is 1. The van der Waals surface area contributed by atoms with E-state index >= 15 is 0 Å². The zero-order valence-corrected chi connectivity index (χ0v) is 15.7. The first kappa shape index (κ1) is 17.9. The predicted molar refractivity (Wildman–Crippen MR) is 104 cm³/mol. The highest BCUT2D eigenvalue weighted by Crippen LogP contribution is 2.28. The van der Waals surface area contributed by atoms with Gasteiger partial charge in [-0.05, 0) is 42.8 Å². The van der Waals surface area contributed by atoms with Gasteiger partial charge in [-0.1, -0.05) is 18.2 Å². The van der Waals surface area contributed by atoms with Crippen LogP contribution in [0.4, 0.5) is 5.13 Å². The van der Waals surface area contributed by atoms with Crippen molar-refractivity contribution in [3.8, 4) is 22.8 Å². The molecule has 6 heteroatoms. The minimum absolute atomic E-state index is 0.0290. The molecule has 0 unspecified atom stereocenters. The van der Waals surface area contributed by atoms with Crippen molar-refractivity contribution in [1.82, 2.24) is 4.98 Å². The van der Waals surface area contributed by atoms with Crippen molar-refractivity contribution in [1.29, 1.82) is 0 Å². The molecule has 0 N–H and O–H groups in total. The van der Waals surface area contributed by atoms with Crippen molar-refractivity contribution >= 4 is 22.4 Å². The van der Waals surface area contributed by atoms with Crippen LogP contribution in [0, 0.1) is 6.92 Å². The van der Waals surface area contributed by atoms with Gasteiger partial charge in [-0.2, -0.15) is 0 Å². The third-order valence-electron chi connectivity index (χ3n) is 3.98. The van der Waals surface area contributed by atoms with Crippen LogP contribution in [0.25, 0.3) is 11.3 Å². The molecule has 2 aromatic carbocycles. The van der Waals surface area contributed by atoms with Crippen LogP contribution >= 0.6 is 11.3 Å². The molecule has 0 radical (unpaired) electrons. The van der Waals surface area contributed by atoms with E-state index in [0.29, 0.717) is 10.9 Å². The van der Waals surface area contributed by atoms with Crippen molar-refractivity contribution in [2.45, 2.75) is 6.92 Å². The number of carbonyl (C=O) groups excluding carboxylic acids is 1. The summed E-state index contributed by atoms with van der Waals surface area (Å²) in [5, 5.41) is 2.57. The van der Waals surface area contributed by atoms with Crippen LogP contribution in [0.2, 0.25) is 0 Å². The van der Waals surface area contributed by atoms with Gasteiger partial charge in [-0.15, -0.1) is 11.3 Å². The average Bonchev–Trinajstić information content (AvgIpc) is 3.16. The number of likely N-dealkylation sites (N-methyl/N-ethyl adjacent to an activating group) is 1. The van der Waals surface area contributed by atoms with Gasteiger partial charge in [0.05, 0.1) is 12.8 Å². The summed E-state index contributed by atoms with van der Waals surface area (Å²) in [5.74, 6) is 1.36. The maximum absolute atomic E-state index is 12.4. The van der Waals surface area contributed by atoms with E-state index in [4.69, 9.17) is 9.47 Å². The third kappa shape index (κ3) is 4.03. The molecular weight excluding hydrogens is 348 g/mol. The highest BCUT2D eigenvalue weighted by atomic mass is 32.1. The Bertz CT molecular complexity index is 890. The summed E-state index contributed by atoms with van der Waals surface area (Å²) >= 11 is 1.42. The van der Waals surface area contributed by atoms with Crippen LogP contribution < -0.4 is 14.4 Å². The maximum Gasteiger partial charge on any atom is 0.266 e. The van der Waals surface area contributed by atoms with Crippen molar-refractivity contribution < 1.29 is 14.3 Å². The van der Waals surface area contributed by atoms with Crippen LogP contribution in [0.5, 0.6) is 11.5 Å². The lowest BCUT2D eigenvalue weighted by Crippen LogP contribution is -2.31. The highest BCUT2D eigenvalue weighted by molar-refractivity contribution is 7.14. The Morgan fingerprint density at radius 2 is 1.88 bits per heavy atom. The molecule has 0 aliphatic rings. The van der Waals surface area contributed by atoms with Crippen molar-refractivity contribution in [3.63, 3.8) is 0 Å². The van der Waals surface area contributed by atoms with E-state index in [2.05, 4.69) is 4.98 Å². The predicted octanol–water partition coefficient (Wildman–Crippen LogP) is 4.17. The molecule has 1 aromatic heterocycles. The Balaban J connectivity index is 1.66. The molecule has 0 fully saturated rings. The number of anilines is 1. The molecule has 0 aliphatic carbocycles. The van der Waals surface area contributed by atoms with E-state index in [1.165, 1.54) is 16.2 Å². The summed E-state index contributed by atoms with van der Waals surface area (Å²) in [6.45, 7) is 1.92. The number of methoxy groups -OCH3 is 1. The normalized spacial score (nSPS) is 10.4. The van der Waals surface area contributed by atoms with Crippen molar-refractivity contribution in [2.75, 3.05) is 25.7 Å². The number of benzene rings is 2. The van der Waals surface area contributed by atoms with Gasteiger partial charge in [0.1, 0.15) is 11.5 Å². The summed E-state index contributed by atoms with van der Waals surface area (Å²) in [4.78, 5) is 18.5. The molecule has 0 saturated carbocycles. The smallest absolute Gasteiger partial charge is 0.266 e. The minimum atomic E-state index is -0.149. The highest BCUT2D eigenvalue weighted by Gasteiger charge is 2.16. The number of aryl methyl sites for hydroxylation is 1. The van der Waals surface area contributed by atoms with E-state index in [1.807, 2.05) is 60.8 Å². The number of carbonyl (C=O) groups is 1. The van der Waals surface area contributed by atoms with E-state index < -0.39 is 0 Å². The zero-order chi connectivity index (χ0) is 18.5. The fraction of sp³-hybridized carbons (Fsp3) is 0.200. The molecule has 1 heterocycles. The number of para-hydroxylation sites is 1. The lowest BCUT2D eigenvalue weighted by molar-refractivity contribution is -0.120. The summed E-state index contributed by atoms with van der Waals surface area (Å²) in [7, 11) is 3.34. The Morgan fingerprint density at radius 3 is 2.58 bits per heavy atom. The first-order chi connectivity index (χ1) is 12.6. The van der Waals surface area contributed by atoms with Gasteiger partial charge in [0, 0.05) is 18.0 Å². The first-order valence-electron chi connectivity index (χ1n) is 8.13. The van der Waals surface area contributed by atoms with E-state index in [-0.39, 0.29) is 12.5 Å². The molecular formula is C20H20N2O3S. The standard InChI is InChI=1S/C20H20N2O3S/c1-14-6-4-5-7-18(14)25-12-19(23)22(2)20-21-17(13-26-20)15-8-10-16(24-3)11-9-15/h4-11,13H,12H2,1-3H3. The largest absolute Gasteiger partial charge is 0.497 e. The molecule has 3 aromatic rings. The quantitative estimate of drug-likeness (QED) is 0.655. The molecule has 1 amide bonds. The minimum Gasteiger partial charge on any atom is -0.497 e. The molecule has 3 rings (SSSR count). The number of hydrogen-bond acceptors (Lipinski definition) is 5. The molecule has 0 spiro atoms. The number of thiazole rings is 1. The molecule has 134 valence electrons. The summed E-state index contributed by atoms with van der Waals surface area (Å²) in [5.41, 5.74) is 2.80. The van der Waals surface area contributed by atoms with E-state index in [9.17, 15) is 4.79 Å². The molecule has 5 nitrogen and oxygen atoms in total. The van der Waals surface area contributed by atoms with Gasteiger partial charge in [-0.25, -0.2) is 4.98 Å². The number of nitrogens with zero attached hydrogens (tertiary/aromatic N) is 2. The van der Waals surface area contributed by atoms with E-state index in [1.54, 1.807) is 14.2 Å². The third-order valence-corrected chi connectivity index (χ3v) is 4.90. The van der Waals surface area contributed by atoms with Crippen LogP contribution in [-0.2, 0) is 4.79 Å². The van der Waals surface area contributed by atoms with Crippen molar-refractivity contribution in [3.05, 3.63) is 59.5 Å². The topological polar surface area (TPSA) is 51.7 Å². The summed E-state index contributed by atoms with van der Waals surface area (Å²) < 4.78 is 10.8. The second-order valence-electron chi connectivity index (χ2n) is 5.75. The number of ether oxygens (including phenoxy) is 2. The van der Waals surface area contributed by atoms with Crippen LogP contribution in [-0.4, -0.2) is 31.7 Å². The molecule has 0 saturated heterocycles. The van der Waals surface area contributed by atoms with Gasteiger partial charge < -0.3 is 9.47 Å². The van der Waals surface area contributed by atoms with Crippen LogP contribution in [0.15, 0.2) is 53.9 Å². The molecule has 0 atom stereocenters. The number of rotatable bonds is 6. The number of hydrogen-bond donors (Lipinski definition) is 0. The number of amides is 1. The van der Waals surface area contributed by atoms with Crippen LogP contribution in [0.1, 0.15) is 5.56 Å². The second-order valence-corrected chi connectivity index (χ2v) is 6.59. The van der Waals surface area contributed by atoms with Gasteiger partial charge in [-0.3, -0.25) is 9.69 Å². The molecule has 0 aliphatic heterocycles. The van der Waals surface area contributed by atoms with E-state index in [0.717, 1.165) is 22.6 Å². The van der Waals surface area contributed by atoms with Gasteiger partial charge in [0.2, 0.25) is 0 Å². The van der Waals surface area contributed by atoms with Crippen molar-refractivity contribution in [2.24, 2.45) is 0 Å². The van der Waals surface area contributed by atoms with Crippen LogP contribution in [0.3, 0.4) is 0 Å². The SMILES string of the molecule is COc1ccc(-c2csc(N(C)C(=O)COc3ccccc3C)n2)cc1. The van der Waals surface area contributed by atoms with Gasteiger partial charge in [0.15, 0.2) is 11.7 Å². The Kier molecular flexibility index (Phi) is 5.53. The van der Waals surface area contributed by atoms with Gasteiger partial charge in [0.25, 0.3) is 5.91 Å². The monoisotopic (exact) mass is 368 g/mol. The molecule has 26 heavy (non-hydrogen) atoms. The Labute approximate surface area is 156 Å². The zero-order valence-electron chi connectivity index (χ0n) is 14.9. The fourth-order valence-electron chi connectivity index (χ4n) is 2.37. The second kappa shape index (κ2) is 8.01. The Hall–Kier alpha value is -2.86. The summed E-state index contributed by atoms with van der Waals surface area (Å²) in [6, 6.07) is 15.3. The Morgan fingerprint density at radius 1 is 1.15 bits per heavy atom. The summed E-state index contributed by atoms with van der Waals surface area (Å²) in [6.07, 6.45) is 0. The fourth-order valence-corrected chi connectivity index (χ4v) is 3.19. The lowest BCUT2D eigenvalue weighted by atomic mass is 10.2. The van der Waals surface area contributed by atoms with Gasteiger partial charge >= 0.3 is 0 Å². The maximum atomic E-state index is 12.4.